The van der Waals surface area contributed by atoms with E-state index in [9.17, 15) is 0 Å². The summed E-state index contributed by atoms with van der Waals surface area (Å²) in [6.45, 7) is 2.84. The molecule has 118 valence electrons. The minimum Gasteiger partial charge on any atom is -0.487 e. The maximum absolute atomic E-state index is 5.84. The van der Waals surface area contributed by atoms with Gasteiger partial charge in [-0.15, -0.1) is 5.10 Å². The van der Waals surface area contributed by atoms with Gasteiger partial charge in [0.15, 0.2) is 0 Å². The van der Waals surface area contributed by atoms with Crippen LogP contribution in [0.5, 0.6) is 5.75 Å². The molecular weight excluding hydrogens is 288 g/mol. The van der Waals surface area contributed by atoms with Crippen molar-refractivity contribution in [2.45, 2.75) is 26.5 Å². The Morgan fingerprint density at radius 1 is 1.04 bits per heavy atom. The first-order valence-electron chi connectivity index (χ1n) is 7.72. The number of hydrogen-bond donors (Lipinski definition) is 1. The van der Waals surface area contributed by atoms with Crippen molar-refractivity contribution in [3.8, 4) is 11.4 Å². The Morgan fingerprint density at radius 3 is 2.43 bits per heavy atom. The third-order valence-electron chi connectivity index (χ3n) is 3.74. The van der Waals surface area contributed by atoms with Gasteiger partial charge in [0.1, 0.15) is 23.7 Å². The van der Waals surface area contributed by atoms with Gasteiger partial charge in [-0.3, -0.25) is 0 Å². The van der Waals surface area contributed by atoms with Crippen LogP contribution in [0.4, 0.5) is 0 Å². The lowest BCUT2D eigenvalue weighted by Gasteiger charge is -2.10. The molecule has 5 heteroatoms. The fourth-order valence-corrected chi connectivity index (χ4v) is 2.38. The highest BCUT2D eigenvalue weighted by molar-refractivity contribution is 5.36. The van der Waals surface area contributed by atoms with Crippen molar-refractivity contribution in [1.82, 2.24) is 15.0 Å². The van der Waals surface area contributed by atoms with Crippen molar-refractivity contribution in [3.05, 3.63) is 71.5 Å². The number of nitrogens with two attached hydrogens (primary N) is 1. The molecule has 3 rings (SSSR count). The summed E-state index contributed by atoms with van der Waals surface area (Å²) in [4.78, 5) is 0. The van der Waals surface area contributed by atoms with Crippen LogP contribution in [0.2, 0.25) is 0 Å². The van der Waals surface area contributed by atoms with E-state index in [1.54, 1.807) is 4.68 Å². The summed E-state index contributed by atoms with van der Waals surface area (Å²) < 4.78 is 7.64. The van der Waals surface area contributed by atoms with Gasteiger partial charge in [-0.2, -0.15) is 0 Å². The Hall–Kier alpha value is -2.66. The molecule has 5 nitrogen and oxygen atoms in total. The van der Waals surface area contributed by atoms with E-state index in [1.807, 2.05) is 42.5 Å². The van der Waals surface area contributed by atoms with Gasteiger partial charge < -0.3 is 10.5 Å². The molecular formula is C18H20N4O. The Bertz CT molecular complexity index is 750. The molecule has 2 N–H and O–H groups in total. The van der Waals surface area contributed by atoms with E-state index in [0.29, 0.717) is 13.2 Å². The molecule has 0 aliphatic rings. The molecule has 3 aromatic rings. The lowest BCUT2D eigenvalue weighted by molar-refractivity contribution is 0.296. The maximum atomic E-state index is 5.84. The van der Waals surface area contributed by atoms with Gasteiger partial charge in [0.25, 0.3) is 0 Å². The molecule has 0 saturated heterocycles. The summed E-state index contributed by atoms with van der Waals surface area (Å²) in [5.74, 6) is 0.810. The van der Waals surface area contributed by atoms with Gasteiger partial charge in [0, 0.05) is 6.54 Å². The Morgan fingerprint density at radius 2 is 1.78 bits per heavy atom. The van der Waals surface area contributed by atoms with Crippen LogP contribution in [-0.2, 0) is 19.6 Å². The number of aromatic nitrogens is 3. The highest BCUT2D eigenvalue weighted by Gasteiger charge is 2.14. The Labute approximate surface area is 135 Å². The molecule has 0 fully saturated rings. The van der Waals surface area contributed by atoms with E-state index in [4.69, 9.17) is 10.5 Å². The van der Waals surface area contributed by atoms with Crippen molar-refractivity contribution < 1.29 is 4.74 Å². The van der Waals surface area contributed by atoms with Crippen LogP contribution in [0, 0.1) is 0 Å². The van der Waals surface area contributed by atoms with E-state index in [-0.39, 0.29) is 0 Å². The highest BCUT2D eigenvalue weighted by Crippen LogP contribution is 2.17. The van der Waals surface area contributed by atoms with Crippen LogP contribution in [0.25, 0.3) is 5.69 Å². The third-order valence-corrected chi connectivity index (χ3v) is 3.74. The number of para-hydroxylation sites is 1. The van der Waals surface area contributed by atoms with E-state index in [0.717, 1.165) is 29.2 Å². The Balaban J connectivity index is 1.87. The predicted molar refractivity (Wildman–Crippen MR) is 89.4 cm³/mol. The topological polar surface area (TPSA) is 66.0 Å². The molecule has 0 aliphatic heterocycles. The molecule has 23 heavy (non-hydrogen) atoms. The summed E-state index contributed by atoms with van der Waals surface area (Å²) in [5.41, 5.74) is 9.66. The van der Waals surface area contributed by atoms with Gasteiger partial charge in [0.05, 0.1) is 5.69 Å². The van der Waals surface area contributed by atoms with Crippen molar-refractivity contribution in [2.24, 2.45) is 5.73 Å². The number of hydrogen-bond acceptors (Lipinski definition) is 4. The summed E-state index contributed by atoms with van der Waals surface area (Å²) in [5, 5.41) is 8.41. The molecule has 0 atom stereocenters. The van der Waals surface area contributed by atoms with Crippen LogP contribution < -0.4 is 10.5 Å². The third kappa shape index (κ3) is 3.40. The van der Waals surface area contributed by atoms with Gasteiger partial charge in [-0.25, -0.2) is 4.68 Å². The monoisotopic (exact) mass is 308 g/mol. The van der Waals surface area contributed by atoms with Gasteiger partial charge in [0.2, 0.25) is 0 Å². The molecule has 0 amide bonds. The zero-order valence-electron chi connectivity index (χ0n) is 13.1. The second kappa shape index (κ2) is 7.07. The lowest BCUT2D eigenvalue weighted by atomic mass is 10.1. The molecule has 0 saturated carbocycles. The zero-order valence-corrected chi connectivity index (χ0v) is 13.1. The fraction of sp³-hybridized carbons (Fsp3) is 0.222. The summed E-state index contributed by atoms with van der Waals surface area (Å²) in [7, 11) is 0. The second-order valence-electron chi connectivity index (χ2n) is 5.22. The molecule has 0 spiro atoms. The molecule has 0 unspecified atom stereocenters. The van der Waals surface area contributed by atoms with Gasteiger partial charge >= 0.3 is 0 Å². The SMILES string of the molecule is CCc1ccc(-n2nnc(CN)c2COc2ccccc2)cc1. The van der Waals surface area contributed by atoms with Crippen LogP contribution in [0.1, 0.15) is 23.9 Å². The molecule has 0 radical (unpaired) electrons. The normalized spacial score (nSPS) is 10.7. The van der Waals surface area contributed by atoms with E-state index in [1.165, 1.54) is 5.56 Å². The van der Waals surface area contributed by atoms with E-state index < -0.39 is 0 Å². The van der Waals surface area contributed by atoms with Gasteiger partial charge in [-0.1, -0.05) is 42.5 Å². The van der Waals surface area contributed by atoms with Crippen LogP contribution in [0.3, 0.4) is 0 Å². The smallest absolute Gasteiger partial charge is 0.132 e. The largest absolute Gasteiger partial charge is 0.487 e. The first kappa shape index (κ1) is 15.2. The molecule has 0 aliphatic carbocycles. The standard InChI is InChI=1S/C18H20N4O/c1-2-14-8-10-15(11-9-14)22-18(17(12-19)20-21-22)13-23-16-6-4-3-5-7-16/h3-11H,2,12-13,19H2,1H3. The lowest BCUT2D eigenvalue weighted by Crippen LogP contribution is -2.09. The fourth-order valence-electron chi connectivity index (χ4n) is 2.38. The summed E-state index contributed by atoms with van der Waals surface area (Å²) in [6, 6.07) is 18.0. The van der Waals surface area contributed by atoms with Crippen molar-refractivity contribution >= 4 is 0 Å². The van der Waals surface area contributed by atoms with E-state index >= 15 is 0 Å². The minimum atomic E-state index is 0.334. The van der Waals surface area contributed by atoms with Gasteiger partial charge in [-0.05, 0) is 36.2 Å². The zero-order chi connectivity index (χ0) is 16.1. The number of aryl methyl sites for hydroxylation is 1. The molecule has 2 aromatic carbocycles. The number of nitrogens with zero attached hydrogens (tertiary/aromatic N) is 3. The second-order valence-corrected chi connectivity index (χ2v) is 5.22. The quantitative estimate of drug-likeness (QED) is 0.760. The van der Waals surface area contributed by atoms with E-state index in [2.05, 4.69) is 29.4 Å². The van der Waals surface area contributed by atoms with Crippen molar-refractivity contribution in [1.29, 1.82) is 0 Å². The molecule has 1 aromatic heterocycles. The first-order chi connectivity index (χ1) is 11.3. The number of ether oxygens (including phenoxy) is 1. The average Bonchev–Trinajstić information content (AvgIpc) is 3.04. The maximum Gasteiger partial charge on any atom is 0.132 e. The molecule has 0 bridgehead atoms. The summed E-state index contributed by atoms with van der Waals surface area (Å²) in [6.07, 6.45) is 1.01. The minimum absolute atomic E-state index is 0.334. The van der Waals surface area contributed by atoms with Crippen LogP contribution in [0.15, 0.2) is 54.6 Å². The predicted octanol–water partition coefficient (Wildman–Crippen LogP) is 2.87. The number of benzene rings is 2. The summed E-state index contributed by atoms with van der Waals surface area (Å²) >= 11 is 0. The average molecular weight is 308 g/mol. The van der Waals surface area contributed by atoms with Crippen molar-refractivity contribution in [2.75, 3.05) is 0 Å². The Kier molecular flexibility index (Phi) is 4.68. The first-order valence-corrected chi connectivity index (χ1v) is 7.72. The number of rotatable bonds is 6. The van der Waals surface area contributed by atoms with Crippen LogP contribution >= 0.6 is 0 Å². The van der Waals surface area contributed by atoms with Crippen molar-refractivity contribution in [3.63, 3.8) is 0 Å². The highest BCUT2D eigenvalue weighted by atomic mass is 16.5. The van der Waals surface area contributed by atoms with Crippen LogP contribution in [-0.4, -0.2) is 15.0 Å². The molecule has 1 heterocycles.